The molecule has 0 spiro atoms. The Kier molecular flexibility index (Phi) is 4.03. The van der Waals surface area contributed by atoms with Crippen molar-refractivity contribution in [2.24, 2.45) is 0 Å². The van der Waals surface area contributed by atoms with E-state index in [1.165, 1.54) is 0 Å². The first kappa shape index (κ1) is 13.8. The lowest BCUT2D eigenvalue weighted by molar-refractivity contribution is 0.493. The second-order valence-corrected chi connectivity index (χ2v) is 5.81. The molecule has 19 heavy (non-hydrogen) atoms. The summed E-state index contributed by atoms with van der Waals surface area (Å²) in [5.41, 5.74) is 1.07. The van der Waals surface area contributed by atoms with E-state index in [1.54, 1.807) is 22.2 Å². The Bertz CT molecular complexity index is 693. The van der Waals surface area contributed by atoms with E-state index >= 15 is 0 Å². The minimum atomic E-state index is 0.0253. The highest BCUT2D eigenvalue weighted by atomic mass is 32.1. The predicted octanol–water partition coefficient (Wildman–Crippen LogP) is 1.86. The van der Waals surface area contributed by atoms with E-state index in [0.717, 1.165) is 20.7 Å². The van der Waals surface area contributed by atoms with Crippen molar-refractivity contribution in [2.75, 3.05) is 13.1 Å². The molecule has 2 heterocycles. The molecule has 2 aromatic heterocycles. The van der Waals surface area contributed by atoms with Gasteiger partial charge >= 0.3 is 0 Å². The number of hydrogen-bond acceptors (Lipinski definition) is 4. The molecule has 5 heteroatoms. The average Bonchev–Trinajstić information content (AvgIpc) is 2.66. The van der Waals surface area contributed by atoms with E-state index in [-0.39, 0.29) is 11.6 Å². The SMILES string of the molecule is C#CCNCC(C)n1cnc2sc(C)c(C)c2c1=O. The van der Waals surface area contributed by atoms with Gasteiger partial charge in [0.15, 0.2) is 0 Å². The van der Waals surface area contributed by atoms with Gasteiger partial charge in [-0.15, -0.1) is 17.8 Å². The van der Waals surface area contributed by atoms with Crippen LogP contribution in [0.4, 0.5) is 0 Å². The largest absolute Gasteiger partial charge is 0.304 e. The van der Waals surface area contributed by atoms with Gasteiger partial charge in [-0.1, -0.05) is 5.92 Å². The van der Waals surface area contributed by atoms with E-state index in [9.17, 15) is 4.79 Å². The molecule has 2 rings (SSSR count). The van der Waals surface area contributed by atoms with Gasteiger partial charge < -0.3 is 5.32 Å². The maximum absolute atomic E-state index is 12.5. The molecule has 0 radical (unpaired) electrons. The molecule has 0 aliphatic carbocycles. The van der Waals surface area contributed by atoms with E-state index in [1.807, 2.05) is 20.8 Å². The maximum Gasteiger partial charge on any atom is 0.262 e. The first-order chi connectivity index (χ1) is 9.06. The van der Waals surface area contributed by atoms with E-state index < -0.39 is 0 Å². The van der Waals surface area contributed by atoms with Crippen LogP contribution in [0.25, 0.3) is 10.2 Å². The van der Waals surface area contributed by atoms with Gasteiger partial charge in [-0.25, -0.2) is 4.98 Å². The summed E-state index contributed by atoms with van der Waals surface area (Å²) in [6.45, 7) is 7.13. The van der Waals surface area contributed by atoms with Crippen LogP contribution in [0, 0.1) is 26.2 Å². The molecule has 0 aromatic carbocycles. The number of rotatable bonds is 4. The minimum Gasteiger partial charge on any atom is -0.304 e. The molecule has 0 saturated carbocycles. The van der Waals surface area contributed by atoms with Gasteiger partial charge in [-0.2, -0.15) is 0 Å². The molecule has 0 aliphatic rings. The number of aromatic nitrogens is 2. The van der Waals surface area contributed by atoms with Crippen molar-refractivity contribution in [3.63, 3.8) is 0 Å². The summed E-state index contributed by atoms with van der Waals surface area (Å²) in [5, 5.41) is 3.85. The number of nitrogens with zero attached hydrogens (tertiary/aromatic N) is 2. The lowest BCUT2D eigenvalue weighted by Crippen LogP contribution is -2.31. The van der Waals surface area contributed by atoms with Crippen molar-refractivity contribution in [1.82, 2.24) is 14.9 Å². The Morgan fingerprint density at radius 1 is 1.58 bits per heavy atom. The second kappa shape index (κ2) is 5.55. The van der Waals surface area contributed by atoms with Crippen LogP contribution in [0.1, 0.15) is 23.4 Å². The first-order valence-corrected chi connectivity index (χ1v) is 6.99. The Hall–Kier alpha value is -1.64. The lowest BCUT2D eigenvalue weighted by Gasteiger charge is -2.14. The van der Waals surface area contributed by atoms with Crippen molar-refractivity contribution in [1.29, 1.82) is 0 Å². The minimum absolute atomic E-state index is 0.0253. The van der Waals surface area contributed by atoms with Gasteiger partial charge in [0.2, 0.25) is 0 Å². The molecule has 1 atom stereocenters. The molecule has 0 aliphatic heterocycles. The summed E-state index contributed by atoms with van der Waals surface area (Å²) in [6, 6.07) is 0.0253. The van der Waals surface area contributed by atoms with Crippen LogP contribution >= 0.6 is 11.3 Å². The highest BCUT2D eigenvalue weighted by Gasteiger charge is 2.14. The van der Waals surface area contributed by atoms with Crippen molar-refractivity contribution < 1.29 is 0 Å². The average molecular weight is 275 g/mol. The van der Waals surface area contributed by atoms with Crippen molar-refractivity contribution in [3.8, 4) is 12.3 Å². The number of aryl methyl sites for hydroxylation is 2. The monoisotopic (exact) mass is 275 g/mol. The van der Waals surface area contributed by atoms with Gasteiger partial charge in [-0.05, 0) is 26.3 Å². The Balaban J connectivity index is 2.40. The molecular formula is C14H17N3OS. The zero-order chi connectivity index (χ0) is 14.0. The number of thiophene rings is 1. The first-order valence-electron chi connectivity index (χ1n) is 6.17. The molecule has 1 unspecified atom stereocenters. The summed E-state index contributed by atoms with van der Waals surface area (Å²) < 4.78 is 1.67. The van der Waals surface area contributed by atoms with E-state index in [4.69, 9.17) is 6.42 Å². The molecule has 0 bridgehead atoms. The van der Waals surface area contributed by atoms with Gasteiger partial charge in [0, 0.05) is 17.5 Å². The maximum atomic E-state index is 12.5. The number of terminal acetylenes is 1. The zero-order valence-electron chi connectivity index (χ0n) is 11.4. The molecule has 100 valence electrons. The fourth-order valence-corrected chi connectivity index (χ4v) is 3.00. The van der Waals surface area contributed by atoms with Crippen LogP contribution in [-0.2, 0) is 0 Å². The van der Waals surface area contributed by atoms with Crippen molar-refractivity contribution >= 4 is 21.6 Å². The number of nitrogens with one attached hydrogen (secondary N) is 1. The quantitative estimate of drug-likeness (QED) is 0.684. The van der Waals surface area contributed by atoms with Crippen LogP contribution < -0.4 is 10.9 Å². The molecule has 0 amide bonds. The Labute approximate surface area is 116 Å². The van der Waals surface area contributed by atoms with Crippen molar-refractivity contribution in [3.05, 3.63) is 27.1 Å². The van der Waals surface area contributed by atoms with Gasteiger partial charge in [0.05, 0.1) is 18.3 Å². The molecule has 4 nitrogen and oxygen atoms in total. The summed E-state index contributed by atoms with van der Waals surface area (Å²) in [5.74, 6) is 2.52. The highest BCUT2D eigenvalue weighted by Crippen LogP contribution is 2.25. The Morgan fingerprint density at radius 3 is 3.00 bits per heavy atom. The van der Waals surface area contributed by atoms with Crippen LogP contribution in [-0.4, -0.2) is 22.6 Å². The standard InChI is InChI=1S/C14H17N3OS/c1-5-6-15-7-9(2)17-8-16-13-12(14(17)18)10(3)11(4)19-13/h1,8-9,15H,6-7H2,2-4H3. The van der Waals surface area contributed by atoms with Crippen LogP contribution in [0.2, 0.25) is 0 Å². The summed E-state index contributed by atoms with van der Waals surface area (Å²) in [6.07, 6.45) is 6.82. The second-order valence-electron chi connectivity index (χ2n) is 4.60. The summed E-state index contributed by atoms with van der Waals surface area (Å²) in [7, 11) is 0. The molecule has 0 fully saturated rings. The van der Waals surface area contributed by atoms with Crippen molar-refractivity contribution in [2.45, 2.75) is 26.8 Å². The summed E-state index contributed by atoms with van der Waals surface area (Å²) in [4.78, 5) is 18.9. The molecular weight excluding hydrogens is 258 g/mol. The fraction of sp³-hybridized carbons (Fsp3) is 0.429. The topological polar surface area (TPSA) is 46.9 Å². The van der Waals surface area contributed by atoms with E-state index in [2.05, 4.69) is 16.2 Å². The molecule has 2 aromatic rings. The third-order valence-corrected chi connectivity index (χ3v) is 4.37. The van der Waals surface area contributed by atoms with Gasteiger partial charge in [0.1, 0.15) is 4.83 Å². The number of hydrogen-bond donors (Lipinski definition) is 1. The zero-order valence-corrected chi connectivity index (χ0v) is 12.2. The van der Waals surface area contributed by atoms with Crippen LogP contribution in [0.3, 0.4) is 0 Å². The normalized spacial score (nSPS) is 12.5. The van der Waals surface area contributed by atoms with E-state index in [0.29, 0.717) is 13.1 Å². The summed E-state index contributed by atoms with van der Waals surface area (Å²) >= 11 is 1.57. The third kappa shape index (κ3) is 2.55. The fourth-order valence-electron chi connectivity index (χ4n) is 2.01. The molecule has 1 N–H and O–H groups in total. The van der Waals surface area contributed by atoms with Gasteiger partial charge in [-0.3, -0.25) is 9.36 Å². The third-order valence-electron chi connectivity index (χ3n) is 3.26. The van der Waals surface area contributed by atoms with Gasteiger partial charge in [0.25, 0.3) is 5.56 Å². The smallest absolute Gasteiger partial charge is 0.262 e. The highest BCUT2D eigenvalue weighted by molar-refractivity contribution is 7.18. The molecule has 0 saturated heterocycles. The lowest BCUT2D eigenvalue weighted by atomic mass is 10.2. The predicted molar refractivity (Wildman–Crippen MR) is 79.8 cm³/mol. The Morgan fingerprint density at radius 2 is 2.32 bits per heavy atom. The van der Waals surface area contributed by atoms with Crippen LogP contribution in [0.15, 0.2) is 11.1 Å². The number of fused-ring (bicyclic) bond motifs is 1. The van der Waals surface area contributed by atoms with Crippen LogP contribution in [0.5, 0.6) is 0 Å².